The van der Waals surface area contributed by atoms with Gasteiger partial charge in [0.25, 0.3) is 5.89 Å². The monoisotopic (exact) mass is 340 g/mol. The normalized spacial score (nSPS) is 19.3. The van der Waals surface area contributed by atoms with E-state index in [0.717, 1.165) is 25.2 Å². The van der Waals surface area contributed by atoms with Gasteiger partial charge in [-0.25, -0.2) is 0 Å². The molecule has 22 heavy (non-hydrogen) atoms. The molecule has 1 saturated heterocycles. The number of halogens is 2. The van der Waals surface area contributed by atoms with Crippen molar-refractivity contribution in [3.63, 3.8) is 0 Å². The number of hydrogen-bond donors (Lipinski definition) is 1. The summed E-state index contributed by atoms with van der Waals surface area (Å²) in [7, 11) is 2.07. The highest BCUT2D eigenvalue weighted by molar-refractivity contribution is 6.32. The molecule has 0 amide bonds. The minimum Gasteiger partial charge on any atom is -0.335 e. The van der Waals surface area contributed by atoms with E-state index < -0.39 is 0 Å². The minimum absolute atomic E-state index is 0. The third kappa shape index (κ3) is 3.87. The van der Waals surface area contributed by atoms with Crippen molar-refractivity contribution in [1.82, 2.24) is 20.4 Å². The summed E-state index contributed by atoms with van der Waals surface area (Å²) < 4.78 is 5.28. The Morgan fingerprint density at radius 2 is 2.18 bits per heavy atom. The highest BCUT2D eigenvalue weighted by Crippen LogP contribution is 2.20. The highest BCUT2D eigenvalue weighted by Gasteiger charge is 2.24. The van der Waals surface area contributed by atoms with E-state index in [2.05, 4.69) is 27.4 Å². The minimum atomic E-state index is 0. The van der Waals surface area contributed by atoms with E-state index in [4.69, 9.17) is 16.1 Å². The predicted octanol–water partition coefficient (Wildman–Crippen LogP) is 2.89. The van der Waals surface area contributed by atoms with Crippen LogP contribution in [0.15, 0.2) is 28.8 Å². The van der Waals surface area contributed by atoms with Crippen LogP contribution in [0, 0.1) is 0 Å². The van der Waals surface area contributed by atoms with Gasteiger partial charge in [0.2, 0.25) is 0 Å². The first kappa shape index (κ1) is 17.0. The number of piperazine rings is 1. The lowest BCUT2D eigenvalue weighted by Crippen LogP contribution is -2.44. The quantitative estimate of drug-likeness (QED) is 0.930. The Balaban J connectivity index is 0.00000176. The van der Waals surface area contributed by atoms with Crippen molar-refractivity contribution < 1.29 is 4.52 Å². The molecule has 1 unspecified atom stereocenters. The van der Waals surface area contributed by atoms with Crippen molar-refractivity contribution in [2.75, 3.05) is 26.7 Å². The fourth-order valence-electron chi connectivity index (χ4n) is 2.32. The molecule has 1 aliphatic heterocycles. The van der Waals surface area contributed by atoms with Gasteiger partial charge in [0.05, 0.1) is 6.04 Å². The molecular formula is C15H18Cl2N4O. The van der Waals surface area contributed by atoms with E-state index in [1.54, 1.807) is 6.08 Å². The molecule has 1 aromatic heterocycles. The zero-order valence-corrected chi connectivity index (χ0v) is 13.8. The van der Waals surface area contributed by atoms with Crippen molar-refractivity contribution >= 4 is 36.2 Å². The molecule has 1 aliphatic rings. The van der Waals surface area contributed by atoms with Crippen LogP contribution in [-0.4, -0.2) is 41.7 Å². The van der Waals surface area contributed by atoms with Gasteiger partial charge in [0.15, 0.2) is 5.82 Å². The summed E-state index contributed by atoms with van der Waals surface area (Å²) in [6, 6.07) is 7.78. The molecule has 2 aromatic rings. The third-order valence-corrected chi connectivity index (χ3v) is 3.92. The molecule has 5 nitrogen and oxygen atoms in total. The van der Waals surface area contributed by atoms with Gasteiger partial charge in [-0.3, -0.25) is 4.90 Å². The SMILES string of the molecule is CN1CCNCC1c1noc(/C=C/c2ccccc2Cl)n1.Cl. The summed E-state index contributed by atoms with van der Waals surface area (Å²) in [5.41, 5.74) is 0.926. The van der Waals surface area contributed by atoms with E-state index in [1.165, 1.54) is 0 Å². The van der Waals surface area contributed by atoms with Crippen molar-refractivity contribution in [2.45, 2.75) is 6.04 Å². The van der Waals surface area contributed by atoms with Crippen LogP contribution in [0.5, 0.6) is 0 Å². The van der Waals surface area contributed by atoms with Gasteiger partial charge in [-0.2, -0.15) is 4.98 Å². The molecule has 0 aliphatic carbocycles. The summed E-state index contributed by atoms with van der Waals surface area (Å²) >= 11 is 6.10. The molecular weight excluding hydrogens is 323 g/mol. The van der Waals surface area contributed by atoms with E-state index in [1.807, 2.05) is 30.3 Å². The van der Waals surface area contributed by atoms with Crippen molar-refractivity contribution in [3.8, 4) is 0 Å². The fraction of sp³-hybridized carbons (Fsp3) is 0.333. The Bertz CT molecular complexity index is 644. The molecule has 3 rings (SSSR count). The molecule has 1 N–H and O–H groups in total. The van der Waals surface area contributed by atoms with Crippen LogP contribution >= 0.6 is 24.0 Å². The number of rotatable bonds is 3. The van der Waals surface area contributed by atoms with Crippen molar-refractivity contribution in [3.05, 3.63) is 46.6 Å². The zero-order valence-electron chi connectivity index (χ0n) is 12.2. The Labute approximate surface area is 140 Å². The average molecular weight is 341 g/mol. The Morgan fingerprint density at radius 1 is 1.36 bits per heavy atom. The second-order valence-electron chi connectivity index (χ2n) is 5.05. The molecule has 0 bridgehead atoms. The van der Waals surface area contributed by atoms with Gasteiger partial charge in [-0.15, -0.1) is 12.4 Å². The summed E-state index contributed by atoms with van der Waals surface area (Å²) in [6.45, 7) is 2.80. The summed E-state index contributed by atoms with van der Waals surface area (Å²) in [5.74, 6) is 1.20. The van der Waals surface area contributed by atoms with E-state index >= 15 is 0 Å². The predicted molar refractivity (Wildman–Crippen MR) is 90.2 cm³/mol. The highest BCUT2D eigenvalue weighted by atomic mass is 35.5. The average Bonchev–Trinajstić information content (AvgIpc) is 2.96. The van der Waals surface area contributed by atoms with Gasteiger partial charge in [0.1, 0.15) is 0 Å². The van der Waals surface area contributed by atoms with E-state index in [-0.39, 0.29) is 18.4 Å². The van der Waals surface area contributed by atoms with Gasteiger partial charge < -0.3 is 9.84 Å². The zero-order chi connectivity index (χ0) is 14.7. The first-order valence-corrected chi connectivity index (χ1v) is 7.29. The maximum atomic E-state index is 6.10. The molecule has 1 atom stereocenters. The molecule has 2 heterocycles. The van der Waals surface area contributed by atoms with Gasteiger partial charge in [-0.05, 0) is 24.8 Å². The van der Waals surface area contributed by atoms with Gasteiger partial charge >= 0.3 is 0 Å². The Kier molecular flexibility index (Phi) is 5.97. The summed E-state index contributed by atoms with van der Waals surface area (Å²) in [4.78, 5) is 6.66. The van der Waals surface area contributed by atoms with Crippen LogP contribution in [0.1, 0.15) is 23.3 Å². The number of likely N-dealkylation sites (N-methyl/N-ethyl adjacent to an activating group) is 1. The second kappa shape index (κ2) is 7.74. The maximum Gasteiger partial charge on any atom is 0.250 e. The second-order valence-corrected chi connectivity index (χ2v) is 5.45. The maximum absolute atomic E-state index is 6.10. The first-order chi connectivity index (χ1) is 10.2. The molecule has 0 saturated carbocycles. The standard InChI is InChI=1S/C15H17ClN4O.ClH/c1-20-9-8-17-10-13(20)15-18-14(21-19-15)7-6-11-4-2-3-5-12(11)16;/h2-7,13,17H,8-10H2,1H3;1H/b7-6+;. The third-order valence-electron chi connectivity index (χ3n) is 3.58. The lowest BCUT2D eigenvalue weighted by atomic mass is 10.2. The number of aromatic nitrogens is 2. The van der Waals surface area contributed by atoms with Crippen molar-refractivity contribution in [1.29, 1.82) is 0 Å². The summed E-state index contributed by atoms with van der Waals surface area (Å²) in [5, 5.41) is 8.11. The lowest BCUT2D eigenvalue weighted by Gasteiger charge is -2.30. The molecule has 7 heteroatoms. The van der Waals surface area contributed by atoms with Crippen LogP contribution in [0.3, 0.4) is 0 Å². The van der Waals surface area contributed by atoms with E-state index in [0.29, 0.717) is 16.7 Å². The molecule has 0 spiro atoms. The molecule has 0 radical (unpaired) electrons. The Hall–Kier alpha value is -1.40. The topological polar surface area (TPSA) is 54.2 Å². The van der Waals surface area contributed by atoms with Crippen LogP contribution in [0.2, 0.25) is 5.02 Å². The number of benzene rings is 1. The van der Waals surface area contributed by atoms with Crippen LogP contribution in [-0.2, 0) is 0 Å². The van der Waals surface area contributed by atoms with Gasteiger partial charge in [0, 0.05) is 30.7 Å². The smallest absolute Gasteiger partial charge is 0.250 e. The van der Waals surface area contributed by atoms with Crippen LogP contribution in [0.4, 0.5) is 0 Å². The number of nitrogens with one attached hydrogen (secondary N) is 1. The molecule has 1 aromatic carbocycles. The van der Waals surface area contributed by atoms with Crippen molar-refractivity contribution in [2.24, 2.45) is 0 Å². The number of nitrogens with zero attached hydrogens (tertiary/aromatic N) is 3. The first-order valence-electron chi connectivity index (χ1n) is 6.91. The van der Waals surface area contributed by atoms with Crippen LogP contribution in [0.25, 0.3) is 12.2 Å². The lowest BCUT2D eigenvalue weighted by molar-refractivity contribution is 0.190. The van der Waals surface area contributed by atoms with Gasteiger partial charge in [-0.1, -0.05) is 35.0 Å². The fourth-order valence-corrected chi connectivity index (χ4v) is 2.51. The number of hydrogen-bond acceptors (Lipinski definition) is 5. The Morgan fingerprint density at radius 3 is 2.95 bits per heavy atom. The summed E-state index contributed by atoms with van der Waals surface area (Å²) in [6.07, 6.45) is 3.66. The van der Waals surface area contributed by atoms with Crippen LogP contribution < -0.4 is 5.32 Å². The largest absolute Gasteiger partial charge is 0.335 e. The molecule has 118 valence electrons. The molecule has 1 fully saturated rings. The van der Waals surface area contributed by atoms with E-state index in [9.17, 15) is 0 Å².